The molecule has 0 radical (unpaired) electrons. The topological polar surface area (TPSA) is 26.8 Å². The second-order valence-electron chi connectivity index (χ2n) is 8.40. The van der Waals surface area contributed by atoms with Crippen LogP contribution >= 0.6 is 0 Å². The number of alkyl halides is 3. The van der Waals surface area contributed by atoms with Crippen LogP contribution in [-0.2, 0) is 6.18 Å². The molecule has 2 aromatic carbocycles. The molecule has 4 nitrogen and oxygen atoms in total. The molecule has 0 aliphatic carbocycles. The van der Waals surface area contributed by atoms with Gasteiger partial charge in [0.25, 0.3) is 5.91 Å². The number of amides is 1. The van der Waals surface area contributed by atoms with Gasteiger partial charge in [-0.3, -0.25) is 9.69 Å². The molecule has 166 valence electrons. The lowest BCUT2D eigenvalue weighted by molar-refractivity contribution is -0.138. The van der Waals surface area contributed by atoms with Crippen molar-refractivity contribution in [2.45, 2.75) is 32.0 Å². The Kier molecular flexibility index (Phi) is 6.23. The fraction of sp³-hybridized carbons (Fsp3) is 0.458. The van der Waals surface area contributed by atoms with Crippen LogP contribution in [0, 0.1) is 6.92 Å². The molecule has 1 unspecified atom stereocenters. The van der Waals surface area contributed by atoms with Gasteiger partial charge >= 0.3 is 6.18 Å². The molecule has 1 amide bonds. The molecule has 0 aromatic heterocycles. The van der Waals surface area contributed by atoms with E-state index in [2.05, 4.69) is 34.9 Å². The molecule has 2 aliphatic heterocycles. The third-order valence-electron chi connectivity index (χ3n) is 6.43. The Bertz CT molecular complexity index is 922. The van der Waals surface area contributed by atoms with Gasteiger partial charge in [-0.25, -0.2) is 0 Å². The molecule has 4 rings (SSSR count). The first-order valence-corrected chi connectivity index (χ1v) is 10.8. The van der Waals surface area contributed by atoms with Crippen molar-refractivity contribution in [2.24, 2.45) is 0 Å². The van der Waals surface area contributed by atoms with Crippen LogP contribution in [0.15, 0.2) is 48.5 Å². The van der Waals surface area contributed by atoms with Crippen LogP contribution in [0.1, 0.15) is 34.3 Å². The Morgan fingerprint density at radius 1 is 0.935 bits per heavy atom. The number of nitrogens with zero attached hydrogens (tertiary/aromatic N) is 3. The van der Waals surface area contributed by atoms with Crippen LogP contribution in [-0.4, -0.2) is 61.0 Å². The summed E-state index contributed by atoms with van der Waals surface area (Å²) in [5.41, 5.74) is 1.41. The summed E-state index contributed by atoms with van der Waals surface area (Å²) >= 11 is 0. The largest absolute Gasteiger partial charge is 0.417 e. The zero-order valence-corrected chi connectivity index (χ0v) is 17.7. The van der Waals surface area contributed by atoms with Crippen LogP contribution in [0.5, 0.6) is 0 Å². The highest BCUT2D eigenvalue weighted by Gasteiger charge is 2.37. The van der Waals surface area contributed by atoms with E-state index >= 15 is 0 Å². The number of hydrogen-bond acceptors (Lipinski definition) is 3. The lowest BCUT2D eigenvalue weighted by atomic mass is 10.00. The molecule has 2 saturated heterocycles. The van der Waals surface area contributed by atoms with E-state index < -0.39 is 17.6 Å². The van der Waals surface area contributed by atoms with Crippen molar-refractivity contribution in [1.82, 2.24) is 9.80 Å². The average Bonchev–Trinajstić information content (AvgIpc) is 2.78. The number of rotatable bonds is 3. The van der Waals surface area contributed by atoms with E-state index in [1.807, 2.05) is 6.07 Å². The number of piperidine rings is 1. The fourth-order valence-corrected chi connectivity index (χ4v) is 4.77. The highest BCUT2D eigenvalue weighted by Crippen LogP contribution is 2.33. The van der Waals surface area contributed by atoms with Gasteiger partial charge in [-0.05, 0) is 43.5 Å². The molecule has 2 aliphatic rings. The molecular weight excluding hydrogens is 403 g/mol. The van der Waals surface area contributed by atoms with Gasteiger partial charge in [0.15, 0.2) is 0 Å². The summed E-state index contributed by atoms with van der Waals surface area (Å²) in [6, 6.07) is 13.6. The molecule has 31 heavy (non-hydrogen) atoms. The minimum atomic E-state index is -4.53. The second kappa shape index (κ2) is 8.91. The first-order valence-electron chi connectivity index (χ1n) is 10.8. The Labute approximate surface area is 181 Å². The number of piperazine rings is 1. The normalized spacial score (nSPS) is 20.7. The first-order chi connectivity index (χ1) is 14.8. The highest BCUT2D eigenvalue weighted by atomic mass is 19.4. The van der Waals surface area contributed by atoms with Crippen LogP contribution < -0.4 is 4.90 Å². The quantitative estimate of drug-likeness (QED) is 0.719. The third-order valence-corrected chi connectivity index (χ3v) is 6.43. The van der Waals surface area contributed by atoms with Crippen LogP contribution in [0.2, 0.25) is 0 Å². The van der Waals surface area contributed by atoms with Crippen molar-refractivity contribution in [2.75, 3.05) is 44.2 Å². The van der Waals surface area contributed by atoms with E-state index in [1.165, 1.54) is 29.4 Å². The smallest absolute Gasteiger partial charge is 0.369 e. The number of halogens is 3. The van der Waals surface area contributed by atoms with Crippen LogP contribution in [0.25, 0.3) is 0 Å². The molecular formula is C24H28F3N3O. The molecule has 7 heteroatoms. The maximum absolute atomic E-state index is 13.4. The van der Waals surface area contributed by atoms with Crippen molar-refractivity contribution in [1.29, 1.82) is 0 Å². The summed E-state index contributed by atoms with van der Waals surface area (Å²) in [6.45, 7) is 6.70. The number of aryl methyl sites for hydroxylation is 1. The summed E-state index contributed by atoms with van der Waals surface area (Å²) < 4.78 is 40.1. The monoisotopic (exact) mass is 431 g/mol. The average molecular weight is 432 g/mol. The predicted molar refractivity (Wildman–Crippen MR) is 115 cm³/mol. The number of anilines is 1. The maximum Gasteiger partial charge on any atom is 0.417 e. The van der Waals surface area contributed by atoms with Crippen molar-refractivity contribution in [3.05, 3.63) is 65.2 Å². The summed E-state index contributed by atoms with van der Waals surface area (Å²) in [5, 5.41) is 0. The van der Waals surface area contributed by atoms with E-state index in [-0.39, 0.29) is 11.6 Å². The van der Waals surface area contributed by atoms with Crippen LogP contribution in [0.3, 0.4) is 0 Å². The van der Waals surface area contributed by atoms with Gasteiger partial charge in [0.2, 0.25) is 0 Å². The Morgan fingerprint density at radius 3 is 2.32 bits per heavy atom. The molecule has 0 saturated carbocycles. The Balaban J connectivity index is 1.41. The van der Waals surface area contributed by atoms with Crippen LogP contribution in [0.4, 0.5) is 18.9 Å². The van der Waals surface area contributed by atoms with E-state index in [1.54, 1.807) is 4.90 Å². The molecule has 2 fully saturated rings. The lowest BCUT2D eigenvalue weighted by Gasteiger charge is -2.44. The van der Waals surface area contributed by atoms with E-state index in [9.17, 15) is 18.0 Å². The summed E-state index contributed by atoms with van der Waals surface area (Å²) in [7, 11) is 0. The van der Waals surface area contributed by atoms with Crippen molar-refractivity contribution < 1.29 is 18.0 Å². The van der Waals surface area contributed by atoms with Gasteiger partial charge in [0, 0.05) is 51.0 Å². The lowest BCUT2D eigenvalue weighted by Crippen LogP contribution is -2.56. The number of benzene rings is 2. The number of carbonyl (C=O) groups excluding carboxylic acids is 1. The number of likely N-dealkylation sites (tertiary alicyclic amines) is 1. The summed E-state index contributed by atoms with van der Waals surface area (Å²) in [5.74, 6) is -0.517. The predicted octanol–water partition coefficient (Wildman–Crippen LogP) is 4.44. The molecule has 2 heterocycles. The van der Waals surface area contributed by atoms with Gasteiger partial charge < -0.3 is 9.80 Å². The maximum atomic E-state index is 13.4. The van der Waals surface area contributed by atoms with Gasteiger partial charge in [-0.1, -0.05) is 30.3 Å². The molecule has 0 spiro atoms. The minimum absolute atomic E-state index is 0.190. The van der Waals surface area contributed by atoms with E-state index in [4.69, 9.17) is 0 Å². The summed E-state index contributed by atoms with van der Waals surface area (Å²) in [4.78, 5) is 19.4. The Morgan fingerprint density at radius 2 is 1.61 bits per heavy atom. The SMILES string of the molecule is Cc1ccccc1N1CCN(C2CCCN(C(=O)c3ccccc3C(F)(F)F)C2)CC1. The number of hydrogen-bond donors (Lipinski definition) is 0. The van der Waals surface area contributed by atoms with Crippen molar-refractivity contribution >= 4 is 11.6 Å². The third kappa shape index (κ3) is 4.71. The molecule has 2 aromatic rings. The highest BCUT2D eigenvalue weighted by molar-refractivity contribution is 5.96. The Hall–Kier alpha value is -2.54. The fourth-order valence-electron chi connectivity index (χ4n) is 4.77. The molecule has 0 N–H and O–H groups in total. The van der Waals surface area contributed by atoms with Crippen molar-refractivity contribution in [3.8, 4) is 0 Å². The van der Waals surface area contributed by atoms with Gasteiger partial charge in [0.05, 0.1) is 11.1 Å². The zero-order chi connectivity index (χ0) is 22.0. The number of para-hydroxylation sites is 1. The van der Waals surface area contributed by atoms with Gasteiger partial charge in [-0.15, -0.1) is 0 Å². The molecule has 1 atom stereocenters. The van der Waals surface area contributed by atoms with Crippen molar-refractivity contribution in [3.63, 3.8) is 0 Å². The minimum Gasteiger partial charge on any atom is -0.369 e. The van der Waals surface area contributed by atoms with Gasteiger partial charge in [-0.2, -0.15) is 13.2 Å². The zero-order valence-electron chi connectivity index (χ0n) is 17.7. The first kappa shape index (κ1) is 21.7. The standard InChI is InChI=1S/C24H28F3N3O/c1-18-7-2-5-11-22(18)29-15-13-28(14-16-29)19-8-6-12-30(17-19)23(31)20-9-3-4-10-21(20)24(25,26)27/h2-5,7,9-11,19H,6,8,12-17H2,1H3. The second-order valence-corrected chi connectivity index (χ2v) is 8.40. The van der Waals surface area contributed by atoms with E-state index in [0.717, 1.165) is 45.1 Å². The molecule has 0 bridgehead atoms. The summed E-state index contributed by atoms with van der Waals surface area (Å²) in [6.07, 6.45) is -2.76. The van der Waals surface area contributed by atoms with Gasteiger partial charge in [0.1, 0.15) is 0 Å². The van der Waals surface area contributed by atoms with E-state index in [0.29, 0.717) is 13.1 Å². The number of carbonyl (C=O) groups is 1.